The second-order valence-corrected chi connectivity index (χ2v) is 20.0. The van der Waals surface area contributed by atoms with Gasteiger partial charge in [-0.1, -0.05) is 218 Å². The SMILES string of the molecule is c1ccc(-c2cccc(C3(c4cccc(-c5ccc(-c6ccc(-n7c8ccccc8c8cc(-c9ccc%10c(c9)c9ccccc9n%10-c9ccccc9)ccc87)cc6)cc5)c4)c4ccccc4-c4ccccc43)c2)cc1. The van der Waals surface area contributed by atoms with E-state index < -0.39 is 5.41 Å². The number of benzene rings is 12. The molecule has 75 heavy (non-hydrogen) atoms. The molecule has 0 atom stereocenters. The molecular formula is C73H48N2. The molecule has 1 aliphatic carbocycles. The summed E-state index contributed by atoms with van der Waals surface area (Å²) in [6.45, 7) is 0. The second-order valence-electron chi connectivity index (χ2n) is 20.0. The number of hydrogen-bond donors (Lipinski definition) is 0. The van der Waals surface area contributed by atoms with Crippen molar-refractivity contribution < 1.29 is 0 Å². The summed E-state index contributed by atoms with van der Waals surface area (Å²) >= 11 is 0. The molecule has 0 saturated carbocycles. The van der Waals surface area contributed by atoms with E-state index in [0.717, 1.165) is 5.69 Å². The van der Waals surface area contributed by atoms with Crippen LogP contribution in [0.15, 0.2) is 291 Å². The molecule has 0 bridgehead atoms. The first-order valence-corrected chi connectivity index (χ1v) is 26.0. The Labute approximate surface area is 436 Å². The van der Waals surface area contributed by atoms with Gasteiger partial charge in [0.1, 0.15) is 0 Å². The van der Waals surface area contributed by atoms with Crippen LogP contribution in [0.5, 0.6) is 0 Å². The number of para-hydroxylation sites is 3. The predicted octanol–water partition coefficient (Wildman–Crippen LogP) is 18.9. The maximum atomic E-state index is 2.43. The van der Waals surface area contributed by atoms with E-state index in [-0.39, 0.29) is 0 Å². The minimum Gasteiger partial charge on any atom is -0.309 e. The number of fused-ring (bicyclic) bond motifs is 9. The standard InChI is InChI=1S/C73H48N2/c1-3-17-49(18-4-1)53-19-15-21-57(45-53)73(67-29-11-7-25-61(67)62-26-8-12-30-68(62)73)58-22-16-20-54(46-58)52-35-33-50(34-36-52)51-37-41-60(42-38-51)75-70-32-14-10-28-64(70)66-48-56(40-44-72(66)75)55-39-43-71-65(47-55)63-27-9-13-31-69(63)74(71)59-23-5-2-6-24-59/h1-48H. The highest BCUT2D eigenvalue weighted by Gasteiger charge is 2.46. The van der Waals surface area contributed by atoms with Gasteiger partial charge in [0.05, 0.1) is 27.5 Å². The summed E-state index contributed by atoms with van der Waals surface area (Å²) in [7, 11) is 0. The molecule has 0 radical (unpaired) electrons. The molecule has 2 heteroatoms. The maximum Gasteiger partial charge on any atom is 0.0713 e. The van der Waals surface area contributed by atoms with Crippen LogP contribution in [0.4, 0.5) is 0 Å². The zero-order chi connectivity index (χ0) is 49.5. The number of rotatable bonds is 8. The van der Waals surface area contributed by atoms with Crippen LogP contribution in [0, 0.1) is 0 Å². The topological polar surface area (TPSA) is 9.86 Å². The second kappa shape index (κ2) is 17.2. The summed E-state index contributed by atoms with van der Waals surface area (Å²) in [5.74, 6) is 0. The van der Waals surface area contributed by atoms with E-state index in [2.05, 4.69) is 300 Å². The van der Waals surface area contributed by atoms with Gasteiger partial charge in [0, 0.05) is 32.9 Å². The first-order chi connectivity index (χ1) is 37.2. The Balaban J connectivity index is 0.764. The fraction of sp³-hybridized carbons (Fsp3) is 0.0137. The zero-order valence-corrected chi connectivity index (χ0v) is 41.1. The van der Waals surface area contributed by atoms with Crippen molar-refractivity contribution in [1.82, 2.24) is 9.13 Å². The molecule has 12 aromatic carbocycles. The average molecular weight is 953 g/mol. The molecule has 2 heterocycles. The van der Waals surface area contributed by atoms with Crippen molar-refractivity contribution in [1.29, 1.82) is 0 Å². The minimum atomic E-state index is -0.504. The summed E-state index contributed by atoms with van der Waals surface area (Å²) in [5, 5.41) is 5.00. The van der Waals surface area contributed by atoms with Crippen LogP contribution >= 0.6 is 0 Å². The smallest absolute Gasteiger partial charge is 0.0713 e. The maximum absolute atomic E-state index is 2.43. The van der Waals surface area contributed by atoms with E-state index in [1.807, 2.05) is 0 Å². The Morgan fingerprint density at radius 2 is 0.560 bits per heavy atom. The van der Waals surface area contributed by atoms with Crippen molar-refractivity contribution in [3.8, 4) is 67.0 Å². The van der Waals surface area contributed by atoms with Crippen molar-refractivity contribution in [2.45, 2.75) is 5.41 Å². The Morgan fingerprint density at radius 3 is 1.08 bits per heavy atom. The zero-order valence-electron chi connectivity index (χ0n) is 41.1. The lowest BCUT2D eigenvalue weighted by Gasteiger charge is -2.34. The monoisotopic (exact) mass is 952 g/mol. The molecule has 1 aliphatic rings. The largest absolute Gasteiger partial charge is 0.309 e. The van der Waals surface area contributed by atoms with Crippen molar-refractivity contribution in [2.75, 3.05) is 0 Å². The van der Waals surface area contributed by atoms with Crippen LogP contribution < -0.4 is 0 Å². The van der Waals surface area contributed by atoms with Gasteiger partial charge in [-0.15, -0.1) is 0 Å². The molecule has 0 fully saturated rings. The van der Waals surface area contributed by atoms with E-state index in [1.54, 1.807) is 0 Å². The van der Waals surface area contributed by atoms with Gasteiger partial charge in [0.2, 0.25) is 0 Å². The van der Waals surface area contributed by atoms with E-state index >= 15 is 0 Å². The van der Waals surface area contributed by atoms with Crippen molar-refractivity contribution in [3.05, 3.63) is 313 Å². The highest BCUT2D eigenvalue weighted by molar-refractivity contribution is 6.12. The van der Waals surface area contributed by atoms with Gasteiger partial charge in [-0.3, -0.25) is 0 Å². The van der Waals surface area contributed by atoms with Gasteiger partial charge >= 0.3 is 0 Å². The van der Waals surface area contributed by atoms with Crippen molar-refractivity contribution in [3.63, 3.8) is 0 Å². The van der Waals surface area contributed by atoms with Crippen molar-refractivity contribution >= 4 is 43.6 Å². The predicted molar refractivity (Wildman–Crippen MR) is 314 cm³/mol. The number of nitrogens with zero attached hydrogens (tertiary/aromatic N) is 2. The van der Waals surface area contributed by atoms with Crippen LogP contribution in [0.3, 0.4) is 0 Å². The third-order valence-electron chi connectivity index (χ3n) is 16.0. The van der Waals surface area contributed by atoms with Crippen LogP contribution in [-0.4, -0.2) is 9.13 Å². The molecule has 14 aromatic rings. The van der Waals surface area contributed by atoms with Gasteiger partial charge in [0.15, 0.2) is 0 Å². The van der Waals surface area contributed by atoms with Gasteiger partial charge in [-0.25, -0.2) is 0 Å². The Hall–Kier alpha value is -9.76. The van der Waals surface area contributed by atoms with Crippen molar-refractivity contribution in [2.24, 2.45) is 0 Å². The summed E-state index contributed by atoms with van der Waals surface area (Å²) < 4.78 is 4.79. The van der Waals surface area contributed by atoms with Gasteiger partial charge in [-0.05, 0) is 151 Å². The quantitative estimate of drug-likeness (QED) is 0.144. The van der Waals surface area contributed by atoms with Gasteiger partial charge in [0.25, 0.3) is 0 Å². The number of hydrogen-bond acceptors (Lipinski definition) is 0. The molecule has 15 rings (SSSR count). The minimum absolute atomic E-state index is 0.504. The Morgan fingerprint density at radius 1 is 0.213 bits per heavy atom. The lowest BCUT2D eigenvalue weighted by molar-refractivity contribution is 0.769. The molecule has 2 aromatic heterocycles. The summed E-state index contributed by atoms with van der Waals surface area (Å²) in [6, 6.07) is 108. The van der Waals surface area contributed by atoms with Gasteiger partial charge < -0.3 is 9.13 Å². The molecule has 0 amide bonds. The van der Waals surface area contributed by atoms with E-state index in [1.165, 1.54) is 127 Å². The average Bonchev–Trinajstić information content (AvgIpc) is 4.15. The van der Waals surface area contributed by atoms with Crippen LogP contribution in [0.25, 0.3) is 111 Å². The van der Waals surface area contributed by atoms with Crippen LogP contribution in [0.2, 0.25) is 0 Å². The van der Waals surface area contributed by atoms with E-state index in [0.29, 0.717) is 0 Å². The summed E-state index contributed by atoms with van der Waals surface area (Å²) in [5.41, 5.74) is 23.9. The molecular weight excluding hydrogens is 905 g/mol. The molecule has 0 N–H and O–H groups in total. The Kier molecular flexibility index (Phi) is 9.83. The number of aromatic nitrogens is 2. The first-order valence-electron chi connectivity index (χ1n) is 26.0. The third-order valence-corrected chi connectivity index (χ3v) is 16.0. The summed E-state index contributed by atoms with van der Waals surface area (Å²) in [6.07, 6.45) is 0. The lowest BCUT2D eigenvalue weighted by Crippen LogP contribution is -2.28. The molecule has 350 valence electrons. The third kappa shape index (κ3) is 6.73. The highest BCUT2D eigenvalue weighted by atomic mass is 15.0. The fourth-order valence-corrected chi connectivity index (χ4v) is 12.6. The van der Waals surface area contributed by atoms with Gasteiger partial charge in [-0.2, -0.15) is 0 Å². The summed E-state index contributed by atoms with van der Waals surface area (Å²) in [4.78, 5) is 0. The molecule has 0 spiro atoms. The first kappa shape index (κ1) is 42.9. The molecule has 0 unspecified atom stereocenters. The van der Waals surface area contributed by atoms with E-state index in [4.69, 9.17) is 0 Å². The Bertz CT molecular complexity index is 4450. The molecule has 0 aliphatic heterocycles. The van der Waals surface area contributed by atoms with E-state index in [9.17, 15) is 0 Å². The normalized spacial score (nSPS) is 12.6. The van der Waals surface area contributed by atoms with Crippen LogP contribution in [0.1, 0.15) is 22.3 Å². The molecule has 2 nitrogen and oxygen atoms in total. The lowest BCUT2D eigenvalue weighted by atomic mass is 9.67. The fourth-order valence-electron chi connectivity index (χ4n) is 12.6. The molecule has 0 saturated heterocycles. The highest BCUT2D eigenvalue weighted by Crippen LogP contribution is 2.56. The van der Waals surface area contributed by atoms with Crippen LogP contribution in [-0.2, 0) is 5.41 Å².